The lowest BCUT2D eigenvalue weighted by Gasteiger charge is -2.11. The molecule has 6 heteroatoms. The van der Waals surface area contributed by atoms with E-state index < -0.39 is 5.69 Å². The van der Waals surface area contributed by atoms with Crippen molar-refractivity contribution in [1.82, 2.24) is 14.5 Å². The lowest BCUT2D eigenvalue weighted by molar-refractivity contribution is 0.931. The maximum Gasteiger partial charge on any atom is 0.352 e. The zero-order valence-electron chi connectivity index (χ0n) is 10.6. The number of aromatic amines is 1. The van der Waals surface area contributed by atoms with E-state index in [1.807, 2.05) is 6.07 Å². The maximum atomic E-state index is 12.2. The van der Waals surface area contributed by atoms with Gasteiger partial charge in [0.2, 0.25) is 5.56 Å². The number of hydrogen-bond acceptors (Lipinski definition) is 3. The second kappa shape index (κ2) is 4.61. The molecule has 0 fully saturated rings. The Morgan fingerprint density at radius 3 is 2.70 bits per heavy atom. The van der Waals surface area contributed by atoms with Gasteiger partial charge in [-0.15, -0.1) is 0 Å². The number of hydrogen-bond donors (Lipinski definition) is 1. The molecular weight excluding hydrogens is 278 g/mol. The molecule has 0 unspecified atom stereocenters. The molecule has 20 heavy (non-hydrogen) atoms. The standard InChI is InChI=1S/C14H10ClN3O2/c1-8-11-4-2-9(15)6-12(11)18(14(20)17-8)10-3-5-13(19)16-7-10/h2-7H,1H3,(H,16,19). The van der Waals surface area contributed by atoms with Crippen LogP contribution in [0.3, 0.4) is 0 Å². The van der Waals surface area contributed by atoms with E-state index in [4.69, 9.17) is 11.6 Å². The molecule has 0 saturated carbocycles. The van der Waals surface area contributed by atoms with Crippen molar-refractivity contribution in [2.45, 2.75) is 6.92 Å². The number of fused-ring (bicyclic) bond motifs is 1. The Labute approximate surface area is 118 Å². The molecule has 0 bridgehead atoms. The Kier molecular flexibility index (Phi) is 2.91. The van der Waals surface area contributed by atoms with Crippen molar-refractivity contribution >= 4 is 22.5 Å². The van der Waals surface area contributed by atoms with Crippen molar-refractivity contribution in [3.8, 4) is 5.69 Å². The summed E-state index contributed by atoms with van der Waals surface area (Å²) in [6.45, 7) is 1.77. The minimum Gasteiger partial charge on any atom is -0.327 e. The molecule has 1 aromatic carbocycles. The molecule has 3 rings (SSSR count). The zero-order valence-corrected chi connectivity index (χ0v) is 11.3. The molecule has 5 nitrogen and oxygen atoms in total. The van der Waals surface area contributed by atoms with Gasteiger partial charge in [-0.25, -0.2) is 4.79 Å². The number of aromatic nitrogens is 3. The average Bonchev–Trinajstić information content (AvgIpc) is 2.40. The number of benzene rings is 1. The number of aryl methyl sites for hydroxylation is 1. The van der Waals surface area contributed by atoms with Crippen LogP contribution in [0, 0.1) is 6.92 Å². The van der Waals surface area contributed by atoms with E-state index in [2.05, 4.69) is 9.97 Å². The predicted octanol–water partition coefficient (Wildman–Crippen LogP) is 2.04. The van der Waals surface area contributed by atoms with Gasteiger partial charge in [0.05, 0.1) is 16.9 Å². The van der Waals surface area contributed by atoms with E-state index in [0.717, 1.165) is 5.39 Å². The van der Waals surface area contributed by atoms with E-state index in [1.54, 1.807) is 25.1 Å². The average molecular weight is 288 g/mol. The molecule has 0 radical (unpaired) electrons. The molecule has 100 valence electrons. The van der Waals surface area contributed by atoms with Gasteiger partial charge in [-0.1, -0.05) is 11.6 Å². The fourth-order valence-electron chi connectivity index (χ4n) is 2.14. The molecule has 0 spiro atoms. The SMILES string of the molecule is Cc1nc(=O)n(-c2ccc(=O)[nH]c2)c2cc(Cl)ccc12. The fourth-order valence-corrected chi connectivity index (χ4v) is 2.31. The highest BCUT2D eigenvalue weighted by Gasteiger charge is 2.10. The number of H-pyrrole nitrogens is 1. The Bertz CT molecular complexity index is 907. The second-order valence-electron chi connectivity index (χ2n) is 4.39. The van der Waals surface area contributed by atoms with E-state index >= 15 is 0 Å². The minimum atomic E-state index is -0.413. The molecule has 0 aliphatic carbocycles. The van der Waals surface area contributed by atoms with Crippen LogP contribution in [0.5, 0.6) is 0 Å². The van der Waals surface area contributed by atoms with Crippen molar-refractivity contribution in [2.75, 3.05) is 0 Å². The highest BCUT2D eigenvalue weighted by atomic mass is 35.5. The Balaban J connectivity index is 2.45. The molecule has 0 saturated heterocycles. The molecule has 0 atom stereocenters. The first kappa shape index (κ1) is 12.6. The molecule has 0 amide bonds. The van der Waals surface area contributed by atoms with Crippen molar-refractivity contribution < 1.29 is 0 Å². The summed E-state index contributed by atoms with van der Waals surface area (Å²) >= 11 is 6.01. The molecule has 3 aromatic rings. The first-order chi connectivity index (χ1) is 9.56. The normalized spacial score (nSPS) is 10.9. The van der Waals surface area contributed by atoms with Crippen LogP contribution in [0.2, 0.25) is 5.02 Å². The molecule has 2 aromatic heterocycles. The van der Waals surface area contributed by atoms with E-state index in [1.165, 1.54) is 16.8 Å². The largest absolute Gasteiger partial charge is 0.352 e. The Morgan fingerprint density at radius 1 is 1.20 bits per heavy atom. The van der Waals surface area contributed by atoms with Crippen molar-refractivity contribution in [1.29, 1.82) is 0 Å². The molecule has 2 heterocycles. The van der Waals surface area contributed by atoms with Crippen LogP contribution < -0.4 is 11.2 Å². The first-order valence-electron chi connectivity index (χ1n) is 5.94. The van der Waals surface area contributed by atoms with Crippen LogP contribution >= 0.6 is 11.6 Å². The van der Waals surface area contributed by atoms with Gasteiger partial charge >= 0.3 is 5.69 Å². The summed E-state index contributed by atoms with van der Waals surface area (Å²) in [6, 6.07) is 8.20. The quantitative estimate of drug-likeness (QED) is 0.745. The summed E-state index contributed by atoms with van der Waals surface area (Å²) in [5, 5.41) is 1.36. The summed E-state index contributed by atoms with van der Waals surface area (Å²) in [5.41, 5.74) is 1.19. The number of nitrogens with zero attached hydrogens (tertiary/aromatic N) is 2. The topological polar surface area (TPSA) is 67.8 Å². The van der Waals surface area contributed by atoms with Gasteiger partial charge in [0.25, 0.3) is 0 Å². The van der Waals surface area contributed by atoms with Crippen LogP contribution in [0.1, 0.15) is 5.69 Å². The monoisotopic (exact) mass is 287 g/mol. The van der Waals surface area contributed by atoms with Gasteiger partial charge in [0, 0.05) is 22.7 Å². The fraction of sp³-hybridized carbons (Fsp3) is 0.0714. The summed E-state index contributed by atoms with van der Waals surface area (Å²) in [7, 11) is 0. The number of nitrogens with one attached hydrogen (secondary N) is 1. The maximum absolute atomic E-state index is 12.2. The summed E-state index contributed by atoms with van der Waals surface area (Å²) < 4.78 is 1.42. The summed E-state index contributed by atoms with van der Waals surface area (Å²) in [5.74, 6) is 0. The van der Waals surface area contributed by atoms with Gasteiger partial charge in [0.1, 0.15) is 0 Å². The van der Waals surface area contributed by atoms with Crippen LogP contribution in [0.4, 0.5) is 0 Å². The number of pyridine rings is 1. The van der Waals surface area contributed by atoms with Gasteiger partial charge in [-0.3, -0.25) is 9.36 Å². The third kappa shape index (κ3) is 2.02. The number of rotatable bonds is 1. The van der Waals surface area contributed by atoms with E-state index in [-0.39, 0.29) is 5.56 Å². The number of halogens is 1. The van der Waals surface area contributed by atoms with E-state index in [9.17, 15) is 9.59 Å². The van der Waals surface area contributed by atoms with Gasteiger partial charge in [0.15, 0.2) is 0 Å². The van der Waals surface area contributed by atoms with E-state index in [0.29, 0.717) is 21.9 Å². The summed E-state index contributed by atoms with van der Waals surface area (Å²) in [4.78, 5) is 29.8. The molecule has 0 aliphatic rings. The summed E-state index contributed by atoms with van der Waals surface area (Å²) in [6.07, 6.45) is 1.47. The van der Waals surface area contributed by atoms with Crippen LogP contribution in [0.15, 0.2) is 46.1 Å². The minimum absolute atomic E-state index is 0.232. The van der Waals surface area contributed by atoms with Gasteiger partial charge < -0.3 is 4.98 Å². The van der Waals surface area contributed by atoms with Gasteiger partial charge in [-0.05, 0) is 31.2 Å². The zero-order chi connectivity index (χ0) is 14.3. The smallest absolute Gasteiger partial charge is 0.327 e. The predicted molar refractivity (Wildman–Crippen MR) is 77.7 cm³/mol. The van der Waals surface area contributed by atoms with Crippen LogP contribution in [-0.2, 0) is 0 Å². The van der Waals surface area contributed by atoms with Crippen molar-refractivity contribution in [3.63, 3.8) is 0 Å². The second-order valence-corrected chi connectivity index (χ2v) is 4.82. The lowest BCUT2D eigenvalue weighted by atomic mass is 10.2. The third-order valence-electron chi connectivity index (χ3n) is 3.07. The Morgan fingerprint density at radius 2 is 2.00 bits per heavy atom. The third-order valence-corrected chi connectivity index (χ3v) is 3.31. The molecule has 0 aliphatic heterocycles. The van der Waals surface area contributed by atoms with Crippen LogP contribution in [0.25, 0.3) is 16.6 Å². The Hall–Kier alpha value is -2.40. The van der Waals surface area contributed by atoms with Crippen molar-refractivity contribution in [3.05, 3.63) is 68.1 Å². The molecule has 1 N–H and O–H groups in total. The van der Waals surface area contributed by atoms with Crippen molar-refractivity contribution in [2.24, 2.45) is 0 Å². The lowest BCUT2D eigenvalue weighted by Crippen LogP contribution is -2.23. The highest BCUT2D eigenvalue weighted by Crippen LogP contribution is 2.21. The van der Waals surface area contributed by atoms with Crippen LogP contribution in [-0.4, -0.2) is 14.5 Å². The van der Waals surface area contributed by atoms with Gasteiger partial charge in [-0.2, -0.15) is 4.98 Å². The highest BCUT2D eigenvalue weighted by molar-refractivity contribution is 6.31. The molecular formula is C14H10ClN3O2. The first-order valence-corrected chi connectivity index (χ1v) is 6.32.